The minimum atomic E-state index is 0.189. The van der Waals surface area contributed by atoms with Crippen LogP contribution in [0.1, 0.15) is 188 Å². The lowest BCUT2D eigenvalue weighted by Crippen LogP contribution is -2.72. The van der Waals surface area contributed by atoms with Crippen LogP contribution in [0.2, 0.25) is 0 Å². The molecule has 3 unspecified atom stereocenters. The van der Waals surface area contributed by atoms with Crippen molar-refractivity contribution in [2.75, 3.05) is 158 Å². The van der Waals surface area contributed by atoms with Crippen LogP contribution in [-0.4, -0.2) is 279 Å². The molecule has 0 aliphatic carbocycles. The normalized spacial score (nSPS) is 33.4. The van der Waals surface area contributed by atoms with E-state index in [1.165, 1.54) is 156 Å². The molecule has 16 aliphatic rings. The fourth-order valence-corrected chi connectivity index (χ4v) is 16.3. The molecule has 16 aliphatic heterocycles. The highest BCUT2D eigenvalue weighted by Crippen LogP contribution is 2.45. The molecule has 16 fully saturated rings. The molecule has 0 N–H and O–H groups in total. The van der Waals surface area contributed by atoms with Gasteiger partial charge in [-0.3, -0.25) is 34.3 Å². The minimum absolute atomic E-state index is 0.189. The Kier molecular flexibility index (Phi) is 22.6. The Labute approximate surface area is 513 Å². The maximum Gasteiger partial charge on any atom is 0.125 e. The number of hydrogen-bond acceptors (Lipinski definition) is 16. The Balaban J connectivity index is 0.000000115. The van der Waals surface area contributed by atoms with E-state index in [1.807, 2.05) is 0 Å². The Bertz CT molecular complexity index is 1840. The molecule has 0 amide bonds. The Hall–Kier alpha value is -0.640. The van der Waals surface area contributed by atoms with E-state index in [0.717, 1.165) is 91.4 Å². The van der Waals surface area contributed by atoms with E-state index >= 15 is 0 Å². The molecular weight excluding hydrogens is 1060 g/mol. The zero-order chi connectivity index (χ0) is 60.4. The fraction of sp³-hybridized carbons (Fsp3) is 1.00. The summed E-state index contributed by atoms with van der Waals surface area (Å²) < 4.78 is 43.3. The van der Waals surface area contributed by atoms with Gasteiger partial charge in [0.1, 0.15) is 11.4 Å². The molecule has 16 saturated heterocycles. The molecule has 3 atom stereocenters. The summed E-state index contributed by atoms with van der Waals surface area (Å²) in [5.74, 6) is 0. The van der Waals surface area contributed by atoms with Crippen molar-refractivity contribution < 1.29 is 37.9 Å². The molecule has 0 radical (unpaired) electrons. The van der Waals surface area contributed by atoms with E-state index in [-0.39, 0.29) is 11.4 Å². The maximum atomic E-state index is 5.68. The third-order valence-electron chi connectivity index (χ3n) is 22.9. The third kappa shape index (κ3) is 15.0. The summed E-state index contributed by atoms with van der Waals surface area (Å²) in [5, 5.41) is 0. The molecule has 0 bridgehead atoms. The van der Waals surface area contributed by atoms with Crippen molar-refractivity contribution in [3.05, 3.63) is 0 Å². The van der Waals surface area contributed by atoms with Gasteiger partial charge in [-0.2, -0.15) is 0 Å². The molecule has 16 nitrogen and oxygen atoms in total. The Morgan fingerprint density at radius 2 is 0.619 bits per heavy atom. The summed E-state index contributed by atoms with van der Waals surface area (Å²) in [5.41, 5.74) is 3.16. The van der Waals surface area contributed by atoms with Crippen LogP contribution in [0, 0.1) is 10.8 Å². The van der Waals surface area contributed by atoms with Crippen molar-refractivity contribution in [2.24, 2.45) is 10.8 Å². The first kappa shape index (κ1) is 67.7. The van der Waals surface area contributed by atoms with E-state index in [1.54, 1.807) is 0 Å². The predicted octanol–water partition coefficient (Wildman–Crippen LogP) is 8.93. The van der Waals surface area contributed by atoms with Gasteiger partial charge >= 0.3 is 0 Å². The number of nitrogens with zero attached hydrogens (tertiary/aromatic N) is 8. The summed E-state index contributed by atoms with van der Waals surface area (Å²) in [6.07, 6.45) is 15.6. The van der Waals surface area contributed by atoms with Gasteiger partial charge in [0.15, 0.2) is 0 Å². The summed E-state index contributed by atoms with van der Waals surface area (Å²) in [4.78, 5) is 20.2. The highest BCUT2D eigenvalue weighted by molar-refractivity contribution is 5.07. The second-order valence-corrected chi connectivity index (χ2v) is 31.6. The van der Waals surface area contributed by atoms with Crippen molar-refractivity contribution in [1.29, 1.82) is 0 Å². The summed E-state index contributed by atoms with van der Waals surface area (Å²) in [6, 6.07) is 5.56. The van der Waals surface area contributed by atoms with Crippen LogP contribution < -0.4 is 0 Å². The summed E-state index contributed by atoms with van der Waals surface area (Å²) >= 11 is 0. The predicted molar refractivity (Wildman–Crippen MR) is 338 cm³/mol. The SMILES string of the molecule is CC(C)N1CC2(CCO2)C1.CC(C)N1CC2(COC2)C1.CC(C)N1CCC12CCO2.CC(C)N1CCC12COC2.CC(C)N1CCC2(CCO2)C1.CC(C)N1CCC2(COC2)C1.CC(C)N1CCCC12CCO2.CC(C)N1CCCC12COC2. The second-order valence-electron chi connectivity index (χ2n) is 31.6. The lowest BCUT2D eigenvalue weighted by molar-refractivity contribution is -0.299. The standard InChI is InChI=1S/4C9H17NO.4C8H15NO/c1-8(2)10-5-3-9(7-10)4-6-11-9;1-8(2)10-4-3-9(5-10)6-11-7-9;1-8(2)10-6-3-4-9(10)5-7-11-9;1-8(2)10-5-3-4-9(10)6-11-7-9;1-7(2)9-3-8(4-9)5-10-6-8;1-7(2)9-5-3-8(9)4-6-10-8;1-7(2)9-5-8(6-9)3-4-10-8;1-7(2)9-4-3-8(9)5-10-6-8/h4*8H,3-7H2,1-2H3;4*7H,3-6H2,1-2H3. The third-order valence-corrected chi connectivity index (χ3v) is 22.9. The minimum Gasteiger partial charge on any atom is -0.380 e. The first-order chi connectivity index (χ1) is 39.9. The molecule has 16 heterocycles. The van der Waals surface area contributed by atoms with Crippen LogP contribution in [0.15, 0.2) is 0 Å². The van der Waals surface area contributed by atoms with Gasteiger partial charge in [-0.1, -0.05) is 0 Å². The first-order valence-corrected chi connectivity index (χ1v) is 34.8. The molecule has 0 saturated carbocycles. The number of likely N-dealkylation sites (tertiary alicyclic amines) is 8. The van der Waals surface area contributed by atoms with Gasteiger partial charge in [-0.05, 0) is 169 Å². The number of hydrogen-bond donors (Lipinski definition) is 0. The quantitative estimate of drug-likeness (QED) is 0.231. The average molecular weight is 1190 g/mol. The number of rotatable bonds is 8. The van der Waals surface area contributed by atoms with E-state index < -0.39 is 0 Å². The molecule has 0 aromatic carbocycles. The smallest absolute Gasteiger partial charge is 0.125 e. The monoisotopic (exact) mass is 1180 g/mol. The highest BCUT2D eigenvalue weighted by atomic mass is 16.6. The molecule has 0 aromatic heterocycles. The molecule has 16 heteroatoms. The lowest BCUT2D eigenvalue weighted by atomic mass is 9.77. The van der Waals surface area contributed by atoms with Crippen LogP contribution in [0.3, 0.4) is 0 Å². The maximum absolute atomic E-state index is 5.68. The van der Waals surface area contributed by atoms with Crippen LogP contribution in [0.4, 0.5) is 0 Å². The zero-order valence-corrected chi connectivity index (χ0v) is 56.9. The van der Waals surface area contributed by atoms with Gasteiger partial charge in [0.05, 0.1) is 102 Å². The summed E-state index contributed by atoms with van der Waals surface area (Å²) in [7, 11) is 0. The van der Waals surface area contributed by atoms with Gasteiger partial charge in [-0.15, -0.1) is 0 Å². The zero-order valence-electron chi connectivity index (χ0n) is 56.9. The van der Waals surface area contributed by atoms with Crippen LogP contribution in [0.5, 0.6) is 0 Å². The molecule has 16 rings (SSSR count). The number of ether oxygens (including phenoxy) is 8. The van der Waals surface area contributed by atoms with E-state index in [9.17, 15) is 0 Å². The molecule has 488 valence electrons. The lowest BCUT2D eigenvalue weighted by Gasteiger charge is -2.59. The molecule has 8 spiro atoms. The van der Waals surface area contributed by atoms with E-state index in [2.05, 4.69) is 150 Å². The topological polar surface area (TPSA) is 99.8 Å². The van der Waals surface area contributed by atoms with Crippen molar-refractivity contribution in [1.82, 2.24) is 39.2 Å². The fourth-order valence-electron chi connectivity index (χ4n) is 16.3. The van der Waals surface area contributed by atoms with Gasteiger partial charge in [0, 0.05) is 157 Å². The van der Waals surface area contributed by atoms with E-state index in [0.29, 0.717) is 69.4 Å². The Morgan fingerprint density at radius 1 is 0.262 bits per heavy atom. The van der Waals surface area contributed by atoms with Gasteiger partial charge in [0.25, 0.3) is 0 Å². The van der Waals surface area contributed by atoms with Crippen molar-refractivity contribution in [3.8, 4) is 0 Å². The van der Waals surface area contributed by atoms with Crippen molar-refractivity contribution in [2.45, 2.75) is 270 Å². The Morgan fingerprint density at radius 3 is 0.881 bits per heavy atom. The van der Waals surface area contributed by atoms with E-state index in [4.69, 9.17) is 37.9 Å². The summed E-state index contributed by atoms with van der Waals surface area (Å²) in [6.45, 7) is 62.9. The molecule has 0 aromatic rings. The molecular formula is C68H128N8O8. The van der Waals surface area contributed by atoms with Crippen molar-refractivity contribution >= 4 is 0 Å². The average Bonchev–Trinajstić information content (AvgIpc) is 2.83. The van der Waals surface area contributed by atoms with Crippen LogP contribution in [0.25, 0.3) is 0 Å². The van der Waals surface area contributed by atoms with Crippen molar-refractivity contribution in [3.63, 3.8) is 0 Å². The van der Waals surface area contributed by atoms with Gasteiger partial charge in [0.2, 0.25) is 0 Å². The molecule has 84 heavy (non-hydrogen) atoms. The first-order valence-electron chi connectivity index (χ1n) is 34.8. The van der Waals surface area contributed by atoms with Gasteiger partial charge in [-0.25, -0.2) is 0 Å². The largest absolute Gasteiger partial charge is 0.380 e. The second kappa shape index (κ2) is 28.1. The highest BCUT2D eigenvalue weighted by Gasteiger charge is 2.55. The van der Waals surface area contributed by atoms with Gasteiger partial charge < -0.3 is 42.8 Å². The van der Waals surface area contributed by atoms with Crippen LogP contribution >= 0.6 is 0 Å². The van der Waals surface area contributed by atoms with Crippen LogP contribution in [-0.2, 0) is 37.9 Å².